The molecular formula is C10H8BrFN2O2. The second-order valence-corrected chi connectivity index (χ2v) is 4.11. The van der Waals surface area contributed by atoms with E-state index in [1.807, 2.05) is 0 Å². The molecule has 0 radical (unpaired) electrons. The molecule has 16 heavy (non-hydrogen) atoms. The smallest absolute Gasteiger partial charge is 0.255 e. The molecule has 0 aliphatic rings. The maximum atomic E-state index is 13.0. The number of benzene rings is 1. The molecule has 0 aliphatic carbocycles. The Morgan fingerprint density at radius 1 is 1.50 bits per heavy atom. The molecule has 1 atom stereocenters. The molecule has 2 rings (SSSR count). The van der Waals surface area contributed by atoms with Gasteiger partial charge in [-0.1, -0.05) is 21.1 Å². The molecule has 0 fully saturated rings. The number of nitrogens with zero attached hydrogens (tertiary/aromatic N) is 2. The van der Waals surface area contributed by atoms with Crippen molar-refractivity contribution in [1.82, 2.24) is 10.1 Å². The summed E-state index contributed by atoms with van der Waals surface area (Å²) in [7, 11) is 0. The highest BCUT2D eigenvalue weighted by molar-refractivity contribution is 9.10. The third kappa shape index (κ3) is 2.12. The first-order valence-corrected chi connectivity index (χ1v) is 5.34. The van der Waals surface area contributed by atoms with Crippen LogP contribution in [0.5, 0.6) is 0 Å². The Kier molecular flexibility index (Phi) is 3.02. The second kappa shape index (κ2) is 4.31. The molecule has 2 aromatic rings. The Morgan fingerprint density at radius 2 is 2.25 bits per heavy atom. The Hall–Kier alpha value is -1.27. The molecule has 1 N–H and O–H groups in total. The zero-order chi connectivity index (χ0) is 11.7. The fourth-order valence-corrected chi connectivity index (χ4v) is 1.61. The van der Waals surface area contributed by atoms with Crippen LogP contribution < -0.4 is 0 Å². The SMILES string of the molecule is C[C@H](O)c1nc(-c2cc(F)ccc2Br)no1. The summed E-state index contributed by atoms with van der Waals surface area (Å²) in [4.78, 5) is 3.96. The summed E-state index contributed by atoms with van der Waals surface area (Å²) < 4.78 is 18.5. The van der Waals surface area contributed by atoms with Gasteiger partial charge in [-0.25, -0.2) is 4.39 Å². The molecule has 0 saturated heterocycles. The normalized spacial score (nSPS) is 12.8. The van der Waals surface area contributed by atoms with Crippen molar-refractivity contribution in [2.75, 3.05) is 0 Å². The van der Waals surface area contributed by atoms with Crippen LogP contribution in [0.1, 0.15) is 18.9 Å². The lowest BCUT2D eigenvalue weighted by atomic mass is 10.2. The standard InChI is InChI=1S/C10H8BrFN2O2/c1-5(15)10-13-9(14-16-10)7-4-6(12)2-3-8(7)11/h2-5,15H,1H3/t5-/m0/s1. The Labute approximate surface area is 99.2 Å². The van der Waals surface area contributed by atoms with E-state index in [1.54, 1.807) is 6.07 Å². The summed E-state index contributed by atoms with van der Waals surface area (Å²) in [5.41, 5.74) is 0.482. The van der Waals surface area contributed by atoms with Crippen molar-refractivity contribution < 1.29 is 14.0 Å². The molecule has 0 amide bonds. The number of halogens is 2. The summed E-state index contributed by atoms with van der Waals surface area (Å²) in [6.07, 6.45) is -0.839. The molecule has 1 aromatic carbocycles. The zero-order valence-corrected chi connectivity index (χ0v) is 9.90. The van der Waals surface area contributed by atoms with Gasteiger partial charge in [0.15, 0.2) is 0 Å². The predicted molar refractivity (Wildman–Crippen MR) is 58.0 cm³/mol. The maximum Gasteiger partial charge on any atom is 0.255 e. The van der Waals surface area contributed by atoms with E-state index < -0.39 is 6.10 Å². The molecule has 84 valence electrons. The highest BCUT2D eigenvalue weighted by Crippen LogP contribution is 2.27. The molecule has 0 aliphatic heterocycles. The van der Waals surface area contributed by atoms with Crippen LogP contribution in [-0.2, 0) is 0 Å². The summed E-state index contributed by atoms with van der Waals surface area (Å²) in [6.45, 7) is 1.51. The summed E-state index contributed by atoms with van der Waals surface area (Å²) in [5, 5.41) is 12.9. The molecule has 0 saturated carbocycles. The van der Waals surface area contributed by atoms with Gasteiger partial charge in [0.25, 0.3) is 5.89 Å². The van der Waals surface area contributed by atoms with Crippen LogP contribution in [0.15, 0.2) is 27.2 Å². The molecule has 1 aromatic heterocycles. The van der Waals surface area contributed by atoms with Crippen molar-refractivity contribution in [2.24, 2.45) is 0 Å². The summed E-state index contributed by atoms with van der Waals surface area (Å²) in [6, 6.07) is 4.17. The van der Waals surface area contributed by atoms with Gasteiger partial charge in [-0.2, -0.15) is 4.98 Å². The third-order valence-electron chi connectivity index (χ3n) is 1.97. The van der Waals surface area contributed by atoms with Gasteiger partial charge in [0.1, 0.15) is 11.9 Å². The number of aromatic nitrogens is 2. The number of hydrogen-bond acceptors (Lipinski definition) is 4. The van der Waals surface area contributed by atoms with Crippen LogP contribution in [-0.4, -0.2) is 15.2 Å². The van der Waals surface area contributed by atoms with E-state index in [-0.39, 0.29) is 17.5 Å². The monoisotopic (exact) mass is 286 g/mol. The molecular weight excluding hydrogens is 279 g/mol. The van der Waals surface area contributed by atoms with Crippen molar-refractivity contribution >= 4 is 15.9 Å². The van der Waals surface area contributed by atoms with Crippen LogP contribution in [0.4, 0.5) is 4.39 Å². The minimum Gasteiger partial charge on any atom is -0.384 e. The van der Waals surface area contributed by atoms with E-state index in [2.05, 4.69) is 26.1 Å². The van der Waals surface area contributed by atoms with Crippen LogP contribution in [0.25, 0.3) is 11.4 Å². The highest BCUT2D eigenvalue weighted by Gasteiger charge is 2.15. The van der Waals surface area contributed by atoms with Crippen LogP contribution in [0.2, 0.25) is 0 Å². The first kappa shape index (κ1) is 11.2. The quantitative estimate of drug-likeness (QED) is 0.922. The van der Waals surface area contributed by atoms with E-state index >= 15 is 0 Å². The van der Waals surface area contributed by atoms with Crippen molar-refractivity contribution in [3.8, 4) is 11.4 Å². The summed E-state index contributed by atoms with van der Waals surface area (Å²) >= 11 is 3.26. The topological polar surface area (TPSA) is 59.2 Å². The van der Waals surface area contributed by atoms with Gasteiger partial charge in [0.05, 0.1) is 0 Å². The van der Waals surface area contributed by atoms with Gasteiger partial charge in [-0.05, 0) is 25.1 Å². The maximum absolute atomic E-state index is 13.0. The van der Waals surface area contributed by atoms with E-state index in [9.17, 15) is 9.50 Å². The second-order valence-electron chi connectivity index (χ2n) is 3.26. The lowest BCUT2D eigenvalue weighted by molar-refractivity contribution is 0.152. The Morgan fingerprint density at radius 3 is 2.88 bits per heavy atom. The lowest BCUT2D eigenvalue weighted by Gasteiger charge is -1.98. The van der Waals surface area contributed by atoms with Gasteiger partial charge < -0.3 is 9.63 Å². The van der Waals surface area contributed by atoms with Crippen molar-refractivity contribution in [2.45, 2.75) is 13.0 Å². The van der Waals surface area contributed by atoms with Gasteiger partial charge in [0.2, 0.25) is 5.82 Å². The fourth-order valence-electron chi connectivity index (χ4n) is 1.18. The van der Waals surface area contributed by atoms with Crippen molar-refractivity contribution in [3.05, 3.63) is 34.4 Å². The lowest BCUT2D eigenvalue weighted by Crippen LogP contribution is -1.91. The van der Waals surface area contributed by atoms with Gasteiger partial charge in [0, 0.05) is 10.0 Å². The van der Waals surface area contributed by atoms with Gasteiger partial charge in [-0.15, -0.1) is 0 Å². The van der Waals surface area contributed by atoms with Crippen LogP contribution >= 0.6 is 15.9 Å². The molecule has 1 heterocycles. The van der Waals surface area contributed by atoms with Crippen molar-refractivity contribution in [3.63, 3.8) is 0 Å². The molecule has 0 bridgehead atoms. The molecule has 4 nitrogen and oxygen atoms in total. The van der Waals surface area contributed by atoms with Crippen molar-refractivity contribution in [1.29, 1.82) is 0 Å². The molecule has 0 unspecified atom stereocenters. The van der Waals surface area contributed by atoms with Gasteiger partial charge in [-0.3, -0.25) is 0 Å². The Bertz CT molecular complexity index is 513. The minimum atomic E-state index is -0.839. The average molecular weight is 287 g/mol. The van der Waals surface area contributed by atoms with E-state index in [0.29, 0.717) is 10.0 Å². The zero-order valence-electron chi connectivity index (χ0n) is 8.32. The largest absolute Gasteiger partial charge is 0.384 e. The molecule has 0 spiro atoms. The van der Waals surface area contributed by atoms with Crippen LogP contribution in [0, 0.1) is 5.82 Å². The first-order chi connectivity index (χ1) is 7.58. The number of hydrogen-bond donors (Lipinski definition) is 1. The minimum absolute atomic E-state index is 0.103. The highest BCUT2D eigenvalue weighted by atomic mass is 79.9. The number of rotatable bonds is 2. The first-order valence-electron chi connectivity index (χ1n) is 4.55. The molecule has 6 heteroatoms. The fraction of sp³-hybridized carbons (Fsp3) is 0.200. The van der Waals surface area contributed by atoms with E-state index in [0.717, 1.165) is 0 Å². The van der Waals surface area contributed by atoms with E-state index in [4.69, 9.17) is 4.52 Å². The average Bonchev–Trinajstić information content (AvgIpc) is 2.70. The summed E-state index contributed by atoms with van der Waals surface area (Å²) in [5.74, 6) is -0.0463. The van der Waals surface area contributed by atoms with E-state index in [1.165, 1.54) is 19.1 Å². The van der Waals surface area contributed by atoms with Gasteiger partial charge >= 0.3 is 0 Å². The van der Waals surface area contributed by atoms with Crippen LogP contribution in [0.3, 0.4) is 0 Å². The number of aliphatic hydroxyl groups excluding tert-OH is 1. The predicted octanol–water partition coefficient (Wildman–Crippen LogP) is 2.69. The number of aliphatic hydroxyl groups is 1. The Balaban J connectivity index is 2.46. The third-order valence-corrected chi connectivity index (χ3v) is 2.66.